The largest absolute Gasteiger partial charge is 0.354 e. The zero-order valence-corrected chi connectivity index (χ0v) is 13.5. The first-order valence-electron chi connectivity index (χ1n) is 7.54. The molecule has 0 fully saturated rings. The van der Waals surface area contributed by atoms with Crippen molar-refractivity contribution in [3.05, 3.63) is 48.0 Å². The number of rotatable bonds is 8. The lowest BCUT2D eigenvalue weighted by Crippen LogP contribution is -2.24. The zero-order chi connectivity index (χ0) is 16.5. The summed E-state index contributed by atoms with van der Waals surface area (Å²) in [5, 5.41) is 5.97. The van der Waals surface area contributed by atoms with Crippen molar-refractivity contribution in [1.29, 1.82) is 0 Å². The Balaban J connectivity index is 1.84. The standard InChI is InChI=1S/C16H22N6O/c1-22(2)11-3-7-18-16-19-10-6-14(21-16)15(23)20-12-13-4-8-17-9-5-13/h4-6,8-10H,3,7,11-12H2,1-2H3,(H,20,23)(H,18,19,21). The van der Waals surface area contributed by atoms with E-state index in [0.717, 1.165) is 25.1 Å². The summed E-state index contributed by atoms with van der Waals surface area (Å²) in [6.45, 7) is 2.19. The molecular weight excluding hydrogens is 292 g/mol. The number of amides is 1. The van der Waals surface area contributed by atoms with E-state index < -0.39 is 0 Å². The van der Waals surface area contributed by atoms with Crippen LogP contribution in [0.4, 0.5) is 5.95 Å². The fourth-order valence-electron chi connectivity index (χ4n) is 1.94. The fraction of sp³-hybridized carbons (Fsp3) is 0.375. The van der Waals surface area contributed by atoms with Crippen molar-refractivity contribution in [3.8, 4) is 0 Å². The highest BCUT2D eigenvalue weighted by Crippen LogP contribution is 2.02. The third-order valence-corrected chi connectivity index (χ3v) is 3.16. The van der Waals surface area contributed by atoms with Crippen molar-refractivity contribution < 1.29 is 4.79 Å². The molecule has 0 saturated carbocycles. The van der Waals surface area contributed by atoms with Gasteiger partial charge >= 0.3 is 0 Å². The maximum absolute atomic E-state index is 12.1. The minimum Gasteiger partial charge on any atom is -0.354 e. The Morgan fingerprint density at radius 3 is 2.70 bits per heavy atom. The Labute approximate surface area is 136 Å². The first-order valence-corrected chi connectivity index (χ1v) is 7.54. The number of carbonyl (C=O) groups is 1. The van der Waals surface area contributed by atoms with Gasteiger partial charge in [0.25, 0.3) is 5.91 Å². The Hall–Kier alpha value is -2.54. The fourth-order valence-corrected chi connectivity index (χ4v) is 1.94. The first kappa shape index (κ1) is 16.8. The van der Waals surface area contributed by atoms with Gasteiger partial charge in [-0.25, -0.2) is 9.97 Å². The minimum absolute atomic E-state index is 0.222. The molecule has 0 atom stereocenters. The molecule has 0 saturated heterocycles. The van der Waals surface area contributed by atoms with E-state index in [0.29, 0.717) is 18.2 Å². The third-order valence-electron chi connectivity index (χ3n) is 3.16. The maximum atomic E-state index is 12.1. The van der Waals surface area contributed by atoms with Crippen molar-refractivity contribution in [2.75, 3.05) is 32.5 Å². The third kappa shape index (κ3) is 5.99. The van der Waals surface area contributed by atoms with Crippen LogP contribution < -0.4 is 10.6 Å². The van der Waals surface area contributed by atoms with Gasteiger partial charge in [-0.05, 0) is 50.8 Å². The highest BCUT2D eigenvalue weighted by molar-refractivity contribution is 5.92. The number of nitrogens with one attached hydrogen (secondary N) is 2. The van der Waals surface area contributed by atoms with Gasteiger partial charge in [0.15, 0.2) is 0 Å². The highest BCUT2D eigenvalue weighted by atomic mass is 16.1. The first-order chi connectivity index (χ1) is 11.1. The van der Waals surface area contributed by atoms with E-state index in [9.17, 15) is 4.79 Å². The highest BCUT2D eigenvalue weighted by Gasteiger charge is 2.08. The molecule has 122 valence electrons. The van der Waals surface area contributed by atoms with Crippen molar-refractivity contribution >= 4 is 11.9 Å². The van der Waals surface area contributed by atoms with Crippen LogP contribution in [0.15, 0.2) is 36.8 Å². The number of anilines is 1. The summed E-state index contributed by atoms with van der Waals surface area (Å²) in [6, 6.07) is 5.32. The number of hydrogen-bond donors (Lipinski definition) is 2. The molecule has 0 aliphatic heterocycles. The number of hydrogen-bond acceptors (Lipinski definition) is 6. The smallest absolute Gasteiger partial charge is 0.270 e. The van der Waals surface area contributed by atoms with Crippen LogP contribution in [-0.2, 0) is 6.54 Å². The van der Waals surface area contributed by atoms with Gasteiger partial charge in [-0.2, -0.15) is 0 Å². The molecule has 0 bridgehead atoms. The molecule has 0 spiro atoms. The van der Waals surface area contributed by atoms with Crippen LogP contribution in [0.25, 0.3) is 0 Å². The van der Waals surface area contributed by atoms with Gasteiger partial charge in [0.05, 0.1) is 0 Å². The van der Waals surface area contributed by atoms with Gasteiger partial charge in [-0.15, -0.1) is 0 Å². The Morgan fingerprint density at radius 1 is 1.17 bits per heavy atom. The van der Waals surface area contributed by atoms with E-state index >= 15 is 0 Å². The summed E-state index contributed by atoms with van der Waals surface area (Å²) >= 11 is 0. The molecule has 0 aliphatic carbocycles. The topological polar surface area (TPSA) is 83.0 Å². The molecule has 2 aromatic rings. The Morgan fingerprint density at radius 2 is 1.96 bits per heavy atom. The number of carbonyl (C=O) groups excluding carboxylic acids is 1. The van der Waals surface area contributed by atoms with Crippen LogP contribution in [0.2, 0.25) is 0 Å². The van der Waals surface area contributed by atoms with Crippen molar-refractivity contribution in [1.82, 2.24) is 25.2 Å². The molecule has 0 aromatic carbocycles. The van der Waals surface area contributed by atoms with E-state index in [-0.39, 0.29) is 5.91 Å². The lowest BCUT2D eigenvalue weighted by molar-refractivity contribution is 0.0946. The predicted molar refractivity (Wildman–Crippen MR) is 89.1 cm³/mol. The van der Waals surface area contributed by atoms with Crippen LogP contribution in [0.5, 0.6) is 0 Å². The van der Waals surface area contributed by atoms with Gasteiger partial charge in [-0.3, -0.25) is 9.78 Å². The SMILES string of the molecule is CN(C)CCCNc1nccc(C(=O)NCc2ccncc2)n1. The maximum Gasteiger partial charge on any atom is 0.270 e. The second-order valence-corrected chi connectivity index (χ2v) is 5.39. The molecule has 7 nitrogen and oxygen atoms in total. The van der Waals surface area contributed by atoms with Crippen molar-refractivity contribution in [2.45, 2.75) is 13.0 Å². The number of pyridine rings is 1. The summed E-state index contributed by atoms with van der Waals surface area (Å²) in [5.74, 6) is 0.251. The molecule has 7 heteroatoms. The molecule has 23 heavy (non-hydrogen) atoms. The molecule has 2 rings (SSSR count). The lowest BCUT2D eigenvalue weighted by Gasteiger charge is -2.10. The number of nitrogens with zero attached hydrogens (tertiary/aromatic N) is 4. The van der Waals surface area contributed by atoms with E-state index in [4.69, 9.17) is 0 Å². The summed E-state index contributed by atoms with van der Waals surface area (Å²) in [4.78, 5) is 26.6. The van der Waals surface area contributed by atoms with Crippen LogP contribution in [-0.4, -0.2) is 52.9 Å². The average molecular weight is 314 g/mol. The second kappa shape index (κ2) is 8.79. The monoisotopic (exact) mass is 314 g/mol. The van der Waals surface area contributed by atoms with Crippen LogP contribution in [0, 0.1) is 0 Å². The van der Waals surface area contributed by atoms with Crippen LogP contribution >= 0.6 is 0 Å². The molecule has 0 aliphatic rings. The zero-order valence-electron chi connectivity index (χ0n) is 13.5. The quantitative estimate of drug-likeness (QED) is 0.712. The van der Waals surface area contributed by atoms with Crippen LogP contribution in [0.3, 0.4) is 0 Å². The Bertz CT molecular complexity index is 617. The normalized spacial score (nSPS) is 10.6. The van der Waals surface area contributed by atoms with Crippen molar-refractivity contribution in [3.63, 3.8) is 0 Å². The molecular formula is C16H22N6O. The Kier molecular flexibility index (Phi) is 6.43. The van der Waals surface area contributed by atoms with Gasteiger partial charge in [0.1, 0.15) is 5.69 Å². The summed E-state index contributed by atoms with van der Waals surface area (Å²) in [5.41, 5.74) is 1.34. The molecule has 1 amide bonds. The molecule has 2 aromatic heterocycles. The summed E-state index contributed by atoms with van der Waals surface area (Å²) < 4.78 is 0. The number of aromatic nitrogens is 3. The molecule has 2 heterocycles. The summed E-state index contributed by atoms with van der Waals surface area (Å²) in [6.07, 6.45) is 5.96. The van der Waals surface area contributed by atoms with Gasteiger partial charge in [0, 0.05) is 31.7 Å². The molecule has 0 unspecified atom stereocenters. The summed E-state index contributed by atoms with van der Waals surface area (Å²) in [7, 11) is 4.06. The van der Waals surface area contributed by atoms with E-state index in [2.05, 4.69) is 30.5 Å². The lowest BCUT2D eigenvalue weighted by atomic mass is 10.2. The molecule has 0 radical (unpaired) electrons. The van der Waals surface area contributed by atoms with E-state index in [1.165, 1.54) is 0 Å². The van der Waals surface area contributed by atoms with E-state index in [1.807, 2.05) is 26.2 Å². The second-order valence-electron chi connectivity index (χ2n) is 5.39. The van der Waals surface area contributed by atoms with Crippen LogP contribution in [0.1, 0.15) is 22.5 Å². The van der Waals surface area contributed by atoms with Crippen molar-refractivity contribution in [2.24, 2.45) is 0 Å². The van der Waals surface area contributed by atoms with Gasteiger partial charge in [0.2, 0.25) is 5.95 Å². The predicted octanol–water partition coefficient (Wildman–Crippen LogP) is 1.17. The minimum atomic E-state index is -0.222. The van der Waals surface area contributed by atoms with Gasteiger partial charge < -0.3 is 15.5 Å². The average Bonchev–Trinajstić information content (AvgIpc) is 2.57. The molecule has 2 N–H and O–H groups in total. The van der Waals surface area contributed by atoms with E-state index in [1.54, 1.807) is 24.7 Å². The van der Waals surface area contributed by atoms with Gasteiger partial charge in [-0.1, -0.05) is 0 Å².